The summed E-state index contributed by atoms with van der Waals surface area (Å²) >= 11 is 0. The van der Waals surface area contributed by atoms with Gasteiger partial charge in [0.15, 0.2) is 0 Å². The molecule has 0 spiro atoms. The second-order valence-electron chi connectivity index (χ2n) is 5.28. The molecule has 0 aliphatic carbocycles. The van der Waals surface area contributed by atoms with Crippen molar-refractivity contribution in [3.63, 3.8) is 0 Å². The second-order valence-corrected chi connectivity index (χ2v) is 5.28. The molecular formula is C16H20N4O3. The van der Waals surface area contributed by atoms with E-state index in [9.17, 15) is 5.11 Å². The molecule has 1 aromatic heterocycles. The van der Waals surface area contributed by atoms with Gasteiger partial charge in [0.05, 0.1) is 20.3 Å². The summed E-state index contributed by atoms with van der Waals surface area (Å²) in [5, 5.41) is 13.2. The van der Waals surface area contributed by atoms with E-state index in [2.05, 4.69) is 20.2 Å². The van der Waals surface area contributed by atoms with Crippen LogP contribution in [-0.4, -0.2) is 53.4 Å². The van der Waals surface area contributed by atoms with E-state index in [1.54, 1.807) is 31.5 Å². The highest BCUT2D eigenvalue weighted by Gasteiger charge is 2.13. The number of phenolic OH excluding ortho intramolecular Hbond substituents is 1. The Morgan fingerprint density at radius 2 is 2.13 bits per heavy atom. The van der Waals surface area contributed by atoms with Crippen molar-refractivity contribution < 1.29 is 14.6 Å². The molecule has 0 radical (unpaired) electrons. The lowest BCUT2D eigenvalue weighted by atomic mass is 10.1. The zero-order chi connectivity index (χ0) is 16.1. The van der Waals surface area contributed by atoms with Crippen LogP contribution in [0.15, 0.2) is 30.5 Å². The normalized spacial score (nSPS) is 15.3. The van der Waals surface area contributed by atoms with E-state index in [0.29, 0.717) is 18.4 Å². The first kappa shape index (κ1) is 15.5. The van der Waals surface area contributed by atoms with Gasteiger partial charge in [-0.1, -0.05) is 0 Å². The average molecular weight is 316 g/mol. The summed E-state index contributed by atoms with van der Waals surface area (Å²) in [7, 11) is 1.56. The van der Waals surface area contributed by atoms with Gasteiger partial charge in [0, 0.05) is 43.1 Å². The third-order valence-corrected chi connectivity index (χ3v) is 3.67. The van der Waals surface area contributed by atoms with Crippen LogP contribution in [0.2, 0.25) is 0 Å². The fourth-order valence-electron chi connectivity index (χ4n) is 2.44. The Morgan fingerprint density at radius 1 is 1.30 bits per heavy atom. The maximum atomic E-state index is 10.1. The molecule has 23 heavy (non-hydrogen) atoms. The summed E-state index contributed by atoms with van der Waals surface area (Å²) in [4.78, 5) is 10.6. The molecule has 3 rings (SSSR count). The van der Waals surface area contributed by atoms with E-state index in [-0.39, 0.29) is 5.75 Å². The van der Waals surface area contributed by atoms with Crippen molar-refractivity contribution in [3.05, 3.63) is 36.0 Å². The predicted molar refractivity (Wildman–Crippen MR) is 86.1 cm³/mol. The molecule has 0 bridgehead atoms. The zero-order valence-electron chi connectivity index (χ0n) is 13.0. The number of nitrogens with one attached hydrogen (secondary N) is 1. The Labute approximate surface area is 134 Å². The molecule has 2 N–H and O–H groups in total. The van der Waals surface area contributed by atoms with Gasteiger partial charge in [-0.3, -0.25) is 4.90 Å². The molecule has 1 aromatic carbocycles. The van der Waals surface area contributed by atoms with Crippen molar-refractivity contribution in [1.82, 2.24) is 14.9 Å². The van der Waals surface area contributed by atoms with Crippen LogP contribution in [0.1, 0.15) is 5.56 Å². The van der Waals surface area contributed by atoms with Gasteiger partial charge in [-0.05, 0) is 18.2 Å². The Kier molecular flexibility index (Phi) is 4.89. The van der Waals surface area contributed by atoms with Crippen LogP contribution in [0.3, 0.4) is 0 Å². The smallest absolute Gasteiger partial charge is 0.230 e. The van der Waals surface area contributed by atoms with Crippen molar-refractivity contribution in [2.24, 2.45) is 0 Å². The first-order valence-corrected chi connectivity index (χ1v) is 7.50. The van der Waals surface area contributed by atoms with Crippen molar-refractivity contribution >= 4 is 11.6 Å². The van der Waals surface area contributed by atoms with Crippen LogP contribution < -0.4 is 10.1 Å². The highest BCUT2D eigenvalue weighted by atomic mass is 16.5. The molecule has 7 nitrogen and oxygen atoms in total. The molecule has 0 unspecified atom stereocenters. The lowest BCUT2D eigenvalue weighted by molar-refractivity contribution is 0.0339. The Bertz CT molecular complexity index is 660. The number of benzene rings is 1. The monoisotopic (exact) mass is 316 g/mol. The number of aromatic nitrogens is 2. The molecule has 122 valence electrons. The van der Waals surface area contributed by atoms with Crippen LogP contribution in [0.5, 0.6) is 11.6 Å². The number of hydrogen-bond donors (Lipinski definition) is 2. The van der Waals surface area contributed by atoms with Crippen molar-refractivity contribution in [3.8, 4) is 11.6 Å². The standard InChI is InChI=1S/C16H20N4O3/c1-22-15-4-5-17-16(19-15)18-13-2-3-14(21)12(10-13)11-20-6-8-23-9-7-20/h2-5,10,21H,6-9,11H2,1H3,(H,17,18,19). The number of phenols is 1. The van der Waals surface area contributed by atoms with Crippen LogP contribution in [-0.2, 0) is 11.3 Å². The minimum atomic E-state index is 0.286. The maximum absolute atomic E-state index is 10.1. The van der Waals surface area contributed by atoms with Gasteiger partial charge in [0.1, 0.15) is 5.75 Å². The van der Waals surface area contributed by atoms with Gasteiger partial charge in [-0.25, -0.2) is 4.98 Å². The van der Waals surface area contributed by atoms with Gasteiger partial charge in [0.2, 0.25) is 11.8 Å². The number of anilines is 2. The number of aromatic hydroxyl groups is 1. The Morgan fingerprint density at radius 3 is 2.91 bits per heavy atom. The van der Waals surface area contributed by atoms with Crippen LogP contribution >= 0.6 is 0 Å². The summed E-state index contributed by atoms with van der Waals surface area (Å²) in [5.41, 5.74) is 1.68. The summed E-state index contributed by atoms with van der Waals surface area (Å²) in [5.74, 6) is 1.23. The molecule has 1 aliphatic rings. The van der Waals surface area contributed by atoms with Crippen LogP contribution in [0, 0.1) is 0 Å². The molecule has 2 aromatic rings. The number of ether oxygens (including phenoxy) is 2. The number of methoxy groups -OCH3 is 1. The third kappa shape index (κ3) is 4.08. The van der Waals surface area contributed by atoms with E-state index < -0.39 is 0 Å². The lowest BCUT2D eigenvalue weighted by Crippen LogP contribution is -2.35. The second kappa shape index (κ2) is 7.26. The molecule has 2 heterocycles. The van der Waals surface area contributed by atoms with Crippen molar-refractivity contribution in [1.29, 1.82) is 0 Å². The highest BCUT2D eigenvalue weighted by Crippen LogP contribution is 2.25. The molecule has 0 amide bonds. The Hall–Kier alpha value is -2.38. The van der Waals surface area contributed by atoms with Gasteiger partial charge in [-0.2, -0.15) is 4.98 Å². The molecule has 1 fully saturated rings. The summed E-state index contributed by atoms with van der Waals surface area (Å²) in [6.07, 6.45) is 1.63. The lowest BCUT2D eigenvalue weighted by Gasteiger charge is -2.27. The predicted octanol–water partition coefficient (Wildman–Crippen LogP) is 1.77. The molecular weight excluding hydrogens is 296 g/mol. The van der Waals surface area contributed by atoms with Gasteiger partial charge < -0.3 is 19.9 Å². The van der Waals surface area contributed by atoms with Gasteiger partial charge >= 0.3 is 0 Å². The van der Waals surface area contributed by atoms with E-state index in [4.69, 9.17) is 9.47 Å². The van der Waals surface area contributed by atoms with Crippen molar-refractivity contribution in [2.45, 2.75) is 6.54 Å². The van der Waals surface area contributed by atoms with E-state index in [1.165, 1.54) is 0 Å². The summed E-state index contributed by atoms with van der Waals surface area (Å²) in [6.45, 7) is 3.89. The number of nitrogens with zero attached hydrogens (tertiary/aromatic N) is 3. The SMILES string of the molecule is COc1ccnc(Nc2ccc(O)c(CN3CCOCC3)c2)n1. The fraction of sp³-hybridized carbons (Fsp3) is 0.375. The summed E-state index contributed by atoms with van der Waals surface area (Å²) in [6, 6.07) is 7.07. The molecule has 1 aliphatic heterocycles. The minimum Gasteiger partial charge on any atom is -0.508 e. The topological polar surface area (TPSA) is 79.7 Å². The van der Waals surface area contributed by atoms with Crippen LogP contribution in [0.25, 0.3) is 0 Å². The van der Waals surface area contributed by atoms with E-state index in [1.807, 2.05) is 6.07 Å². The number of hydrogen-bond acceptors (Lipinski definition) is 7. The van der Waals surface area contributed by atoms with Crippen LogP contribution in [0.4, 0.5) is 11.6 Å². The first-order valence-electron chi connectivity index (χ1n) is 7.50. The first-order chi connectivity index (χ1) is 11.2. The maximum Gasteiger partial charge on any atom is 0.230 e. The van der Waals surface area contributed by atoms with Gasteiger partial charge in [-0.15, -0.1) is 0 Å². The molecule has 0 atom stereocenters. The minimum absolute atomic E-state index is 0.286. The molecule has 7 heteroatoms. The molecule has 0 saturated carbocycles. The highest BCUT2D eigenvalue weighted by molar-refractivity contribution is 5.57. The third-order valence-electron chi connectivity index (χ3n) is 3.67. The van der Waals surface area contributed by atoms with Crippen molar-refractivity contribution in [2.75, 3.05) is 38.7 Å². The van der Waals surface area contributed by atoms with E-state index in [0.717, 1.165) is 37.6 Å². The number of rotatable bonds is 5. The largest absolute Gasteiger partial charge is 0.508 e. The fourth-order valence-corrected chi connectivity index (χ4v) is 2.44. The van der Waals surface area contributed by atoms with Gasteiger partial charge in [0.25, 0.3) is 0 Å². The van der Waals surface area contributed by atoms with E-state index >= 15 is 0 Å². The quantitative estimate of drug-likeness (QED) is 0.814. The molecule has 1 saturated heterocycles. The number of morpholine rings is 1. The summed E-state index contributed by atoms with van der Waals surface area (Å²) < 4.78 is 10.4. The Balaban J connectivity index is 1.73. The zero-order valence-corrected chi connectivity index (χ0v) is 13.0. The average Bonchev–Trinajstić information content (AvgIpc) is 2.59.